The van der Waals surface area contributed by atoms with Crippen molar-refractivity contribution in [3.63, 3.8) is 0 Å². The summed E-state index contributed by atoms with van der Waals surface area (Å²) in [6.07, 6.45) is 0.626. The molecule has 2 heterocycles. The zero-order chi connectivity index (χ0) is 14.9. The molecule has 0 amide bonds. The first kappa shape index (κ1) is 14.1. The van der Waals surface area contributed by atoms with Gasteiger partial charge in [0.2, 0.25) is 5.88 Å². The van der Waals surface area contributed by atoms with Gasteiger partial charge >= 0.3 is 5.69 Å². The maximum Gasteiger partial charge on any atom is 0.331 e. The van der Waals surface area contributed by atoms with E-state index in [1.807, 2.05) is 24.6 Å². The van der Waals surface area contributed by atoms with Gasteiger partial charge in [-0.3, -0.25) is 19.0 Å². The van der Waals surface area contributed by atoms with Gasteiger partial charge < -0.3 is 5.11 Å². The number of aryl methyl sites for hydroxylation is 3. The van der Waals surface area contributed by atoms with Crippen molar-refractivity contribution in [2.24, 2.45) is 0 Å². The molecule has 108 valence electrons. The van der Waals surface area contributed by atoms with Crippen molar-refractivity contribution in [2.45, 2.75) is 40.3 Å². The summed E-state index contributed by atoms with van der Waals surface area (Å²) in [6, 6.07) is 1.98. The van der Waals surface area contributed by atoms with Crippen LogP contribution in [0.1, 0.15) is 23.4 Å². The van der Waals surface area contributed by atoms with Crippen molar-refractivity contribution >= 4 is 0 Å². The average molecular weight is 278 g/mol. The molecule has 0 saturated heterocycles. The van der Waals surface area contributed by atoms with Gasteiger partial charge in [-0.2, -0.15) is 5.10 Å². The van der Waals surface area contributed by atoms with Crippen LogP contribution in [0, 0.1) is 20.8 Å². The van der Waals surface area contributed by atoms with Crippen molar-refractivity contribution in [3.05, 3.63) is 43.9 Å². The summed E-state index contributed by atoms with van der Waals surface area (Å²) in [6.45, 7) is 6.33. The second kappa shape index (κ2) is 5.36. The van der Waals surface area contributed by atoms with Crippen molar-refractivity contribution in [1.29, 1.82) is 0 Å². The fraction of sp³-hybridized carbons (Fsp3) is 0.462. The molecule has 0 saturated carbocycles. The number of aromatic amines is 1. The predicted molar refractivity (Wildman–Crippen MR) is 74.0 cm³/mol. The van der Waals surface area contributed by atoms with E-state index in [2.05, 4.69) is 10.1 Å². The molecule has 2 rings (SSSR count). The van der Waals surface area contributed by atoms with E-state index in [0.717, 1.165) is 11.4 Å². The summed E-state index contributed by atoms with van der Waals surface area (Å²) >= 11 is 0. The lowest BCUT2D eigenvalue weighted by Crippen LogP contribution is -2.31. The van der Waals surface area contributed by atoms with Crippen LogP contribution < -0.4 is 11.2 Å². The molecule has 0 bridgehead atoms. The SMILES string of the molecule is Cc1cc(C)n(CCCn2c(O)c(C)c(=O)[nH]c2=O)n1. The quantitative estimate of drug-likeness (QED) is 0.849. The van der Waals surface area contributed by atoms with E-state index in [1.54, 1.807) is 0 Å². The van der Waals surface area contributed by atoms with Crippen LogP contribution in [0.4, 0.5) is 0 Å². The summed E-state index contributed by atoms with van der Waals surface area (Å²) in [5, 5.41) is 14.2. The average Bonchev–Trinajstić information content (AvgIpc) is 2.69. The number of nitrogens with zero attached hydrogens (tertiary/aromatic N) is 3. The molecule has 0 atom stereocenters. The Morgan fingerprint density at radius 1 is 1.25 bits per heavy atom. The van der Waals surface area contributed by atoms with E-state index in [0.29, 0.717) is 19.5 Å². The lowest BCUT2D eigenvalue weighted by Gasteiger charge is -2.10. The van der Waals surface area contributed by atoms with E-state index in [1.165, 1.54) is 11.5 Å². The third-order valence-corrected chi connectivity index (χ3v) is 3.25. The van der Waals surface area contributed by atoms with Crippen LogP contribution in [0.5, 0.6) is 5.88 Å². The molecule has 2 aromatic rings. The van der Waals surface area contributed by atoms with Crippen LogP contribution >= 0.6 is 0 Å². The number of hydrogen-bond donors (Lipinski definition) is 2. The Hall–Kier alpha value is -2.31. The van der Waals surface area contributed by atoms with Crippen LogP contribution in [0.15, 0.2) is 15.7 Å². The first-order valence-corrected chi connectivity index (χ1v) is 6.44. The van der Waals surface area contributed by atoms with Gasteiger partial charge in [-0.1, -0.05) is 0 Å². The van der Waals surface area contributed by atoms with Gasteiger partial charge in [0.15, 0.2) is 0 Å². The van der Waals surface area contributed by atoms with Crippen molar-refractivity contribution in [2.75, 3.05) is 0 Å². The molecule has 0 fully saturated rings. The monoisotopic (exact) mass is 278 g/mol. The molecule has 0 spiro atoms. The normalized spacial score (nSPS) is 10.9. The Labute approximate surface area is 115 Å². The van der Waals surface area contributed by atoms with Gasteiger partial charge in [0, 0.05) is 18.8 Å². The first-order chi connectivity index (χ1) is 9.40. The fourth-order valence-corrected chi connectivity index (χ4v) is 2.15. The maximum absolute atomic E-state index is 11.7. The Balaban J connectivity index is 2.12. The number of rotatable bonds is 4. The molecule has 2 N–H and O–H groups in total. The predicted octanol–water partition coefficient (Wildman–Crippen LogP) is 0.454. The highest BCUT2D eigenvalue weighted by Gasteiger charge is 2.10. The van der Waals surface area contributed by atoms with E-state index in [-0.39, 0.29) is 11.4 Å². The topological polar surface area (TPSA) is 92.9 Å². The van der Waals surface area contributed by atoms with Crippen molar-refractivity contribution < 1.29 is 5.11 Å². The molecule has 0 aliphatic carbocycles. The van der Waals surface area contributed by atoms with E-state index in [9.17, 15) is 14.7 Å². The smallest absolute Gasteiger partial charge is 0.331 e. The van der Waals surface area contributed by atoms with Crippen LogP contribution in [0.25, 0.3) is 0 Å². The lowest BCUT2D eigenvalue weighted by molar-refractivity contribution is 0.384. The lowest BCUT2D eigenvalue weighted by atomic mass is 10.3. The van der Waals surface area contributed by atoms with Gasteiger partial charge in [0.1, 0.15) is 0 Å². The zero-order valence-corrected chi connectivity index (χ0v) is 11.8. The van der Waals surface area contributed by atoms with Crippen molar-refractivity contribution in [3.8, 4) is 5.88 Å². The third kappa shape index (κ3) is 2.66. The maximum atomic E-state index is 11.7. The van der Waals surface area contributed by atoms with Crippen LogP contribution in [0.3, 0.4) is 0 Å². The number of aromatic nitrogens is 4. The molecule has 20 heavy (non-hydrogen) atoms. The minimum absolute atomic E-state index is 0.149. The Kier molecular flexibility index (Phi) is 3.78. The van der Waals surface area contributed by atoms with Crippen LogP contribution in [-0.4, -0.2) is 24.4 Å². The Morgan fingerprint density at radius 3 is 2.55 bits per heavy atom. The van der Waals surface area contributed by atoms with E-state index in [4.69, 9.17) is 0 Å². The summed E-state index contributed by atoms with van der Waals surface area (Å²) in [7, 11) is 0. The number of hydrogen-bond acceptors (Lipinski definition) is 4. The highest BCUT2D eigenvalue weighted by Crippen LogP contribution is 2.09. The highest BCUT2D eigenvalue weighted by molar-refractivity contribution is 5.20. The molecular weight excluding hydrogens is 260 g/mol. The standard InChI is InChI=1S/C13H18N4O3/c1-8-7-9(2)17(15-8)6-4-5-16-12(19)10(3)11(18)14-13(16)20/h7,19H,4-6H2,1-3H3,(H,14,18,20). The summed E-state index contributed by atoms with van der Waals surface area (Å²) in [5.41, 5.74) is 1.00. The largest absolute Gasteiger partial charge is 0.494 e. The number of aromatic hydroxyl groups is 1. The van der Waals surface area contributed by atoms with E-state index < -0.39 is 11.2 Å². The number of H-pyrrole nitrogens is 1. The molecule has 0 unspecified atom stereocenters. The van der Waals surface area contributed by atoms with Crippen LogP contribution in [0.2, 0.25) is 0 Å². The molecule has 0 aliphatic heterocycles. The van der Waals surface area contributed by atoms with E-state index >= 15 is 0 Å². The molecule has 2 aromatic heterocycles. The molecule has 7 nitrogen and oxygen atoms in total. The van der Waals surface area contributed by atoms with Crippen molar-refractivity contribution in [1.82, 2.24) is 19.3 Å². The molecule has 0 aliphatic rings. The third-order valence-electron chi connectivity index (χ3n) is 3.25. The Morgan fingerprint density at radius 2 is 1.95 bits per heavy atom. The summed E-state index contributed by atoms with van der Waals surface area (Å²) in [4.78, 5) is 25.1. The Bertz CT molecular complexity index is 739. The molecule has 7 heteroatoms. The first-order valence-electron chi connectivity index (χ1n) is 6.44. The second-order valence-corrected chi connectivity index (χ2v) is 4.86. The minimum Gasteiger partial charge on any atom is -0.494 e. The molecular formula is C13H18N4O3. The van der Waals surface area contributed by atoms with Gasteiger partial charge in [-0.05, 0) is 33.3 Å². The van der Waals surface area contributed by atoms with Gasteiger partial charge in [-0.15, -0.1) is 0 Å². The molecule has 0 aromatic carbocycles. The zero-order valence-electron chi connectivity index (χ0n) is 11.8. The fourth-order valence-electron chi connectivity index (χ4n) is 2.15. The van der Waals surface area contributed by atoms with Gasteiger partial charge in [0.05, 0.1) is 11.3 Å². The summed E-state index contributed by atoms with van der Waals surface area (Å²) < 4.78 is 3.03. The van der Waals surface area contributed by atoms with Gasteiger partial charge in [0.25, 0.3) is 5.56 Å². The number of nitrogens with one attached hydrogen (secondary N) is 1. The van der Waals surface area contributed by atoms with Gasteiger partial charge in [-0.25, -0.2) is 4.79 Å². The van der Waals surface area contributed by atoms with Crippen LogP contribution in [-0.2, 0) is 13.1 Å². The second-order valence-electron chi connectivity index (χ2n) is 4.86. The molecule has 0 radical (unpaired) electrons. The minimum atomic E-state index is -0.591. The highest BCUT2D eigenvalue weighted by atomic mass is 16.3. The summed E-state index contributed by atoms with van der Waals surface area (Å²) in [5.74, 6) is -0.271.